The first-order chi connectivity index (χ1) is 12.7. The van der Waals surface area contributed by atoms with Crippen LogP contribution in [-0.2, 0) is 6.54 Å². The Morgan fingerprint density at radius 3 is 2.62 bits per heavy atom. The molecule has 0 aliphatic heterocycles. The second-order valence-corrected chi connectivity index (χ2v) is 5.75. The van der Waals surface area contributed by atoms with Gasteiger partial charge in [0, 0.05) is 24.8 Å². The normalized spacial score (nSPS) is 10.3. The molecule has 6 heteroatoms. The highest BCUT2D eigenvalue weighted by molar-refractivity contribution is 5.96. The van der Waals surface area contributed by atoms with Gasteiger partial charge in [0.05, 0.1) is 0 Å². The van der Waals surface area contributed by atoms with E-state index < -0.39 is 0 Å². The van der Waals surface area contributed by atoms with E-state index in [9.17, 15) is 0 Å². The summed E-state index contributed by atoms with van der Waals surface area (Å²) in [5.41, 5.74) is 1.91. The number of anilines is 1. The molecule has 2 aromatic carbocycles. The molecule has 0 fully saturated rings. The molecule has 0 amide bonds. The van der Waals surface area contributed by atoms with Crippen molar-refractivity contribution in [1.82, 2.24) is 14.8 Å². The first-order valence-corrected chi connectivity index (χ1v) is 8.27. The van der Waals surface area contributed by atoms with Crippen molar-refractivity contribution in [3.05, 3.63) is 73.6 Å². The van der Waals surface area contributed by atoms with Gasteiger partial charge in [0.25, 0.3) is 0 Å². The summed E-state index contributed by atoms with van der Waals surface area (Å²) < 4.78 is 7.66. The van der Waals surface area contributed by atoms with Crippen LogP contribution in [0.25, 0.3) is 11.4 Å². The van der Waals surface area contributed by atoms with Crippen LogP contribution < -0.4 is 9.64 Å². The van der Waals surface area contributed by atoms with Gasteiger partial charge >= 0.3 is 0 Å². The topological polar surface area (TPSA) is 67.0 Å². The van der Waals surface area contributed by atoms with Crippen LogP contribution >= 0.6 is 0 Å². The quantitative estimate of drug-likeness (QED) is 0.403. The van der Waals surface area contributed by atoms with Crippen LogP contribution in [0.15, 0.2) is 73.6 Å². The monoisotopic (exact) mass is 347 g/mol. The molecule has 0 saturated heterocycles. The lowest BCUT2D eigenvalue weighted by Gasteiger charge is -2.20. The number of hydrogen-bond donors (Lipinski definition) is 1. The first-order valence-electron chi connectivity index (χ1n) is 8.27. The molecule has 3 aromatic rings. The molecule has 0 spiro atoms. The summed E-state index contributed by atoms with van der Waals surface area (Å²) in [6.07, 6.45) is 3.49. The Balaban J connectivity index is 1.62. The predicted octanol–water partition coefficient (Wildman–Crippen LogP) is 3.62. The number of benzene rings is 2. The van der Waals surface area contributed by atoms with Crippen molar-refractivity contribution in [2.24, 2.45) is 0 Å². The minimum atomic E-state index is 0.192. The lowest BCUT2D eigenvalue weighted by atomic mass is 10.2. The van der Waals surface area contributed by atoms with E-state index in [1.807, 2.05) is 66.2 Å². The summed E-state index contributed by atoms with van der Waals surface area (Å²) in [5, 5.41) is 16.3. The Labute approximate surface area is 152 Å². The van der Waals surface area contributed by atoms with Crippen molar-refractivity contribution >= 4 is 11.5 Å². The van der Waals surface area contributed by atoms with Gasteiger partial charge in [0.2, 0.25) is 0 Å². The fourth-order valence-electron chi connectivity index (χ4n) is 2.51. The third-order valence-corrected chi connectivity index (χ3v) is 3.98. The summed E-state index contributed by atoms with van der Waals surface area (Å²) in [6.45, 7) is 4.59. The van der Waals surface area contributed by atoms with Crippen LogP contribution in [0.4, 0.5) is 5.69 Å². The van der Waals surface area contributed by atoms with Gasteiger partial charge in [-0.25, -0.2) is 0 Å². The van der Waals surface area contributed by atoms with Crippen LogP contribution in [0, 0.1) is 5.41 Å². The molecule has 0 radical (unpaired) electrons. The summed E-state index contributed by atoms with van der Waals surface area (Å²) in [5.74, 6) is 1.87. The first kappa shape index (κ1) is 17.4. The fraction of sp³-hybridized carbons (Fsp3) is 0.150. The summed E-state index contributed by atoms with van der Waals surface area (Å²) in [7, 11) is 1.86. The van der Waals surface area contributed by atoms with Gasteiger partial charge in [0.1, 0.15) is 24.5 Å². The molecule has 0 saturated carbocycles. The zero-order chi connectivity index (χ0) is 18.4. The zero-order valence-electron chi connectivity index (χ0n) is 14.7. The van der Waals surface area contributed by atoms with Gasteiger partial charge in [0.15, 0.2) is 5.82 Å². The van der Waals surface area contributed by atoms with E-state index in [1.165, 1.54) is 0 Å². The smallest absolute Gasteiger partial charge is 0.164 e. The Bertz CT molecular complexity index is 871. The minimum absolute atomic E-state index is 0.192. The maximum absolute atomic E-state index is 8.18. The van der Waals surface area contributed by atoms with Crippen LogP contribution in [0.1, 0.15) is 0 Å². The Morgan fingerprint density at radius 1 is 1.19 bits per heavy atom. The Hall–Kier alpha value is -3.41. The Morgan fingerprint density at radius 2 is 1.92 bits per heavy atom. The third kappa shape index (κ3) is 3.97. The lowest BCUT2D eigenvalue weighted by Crippen LogP contribution is -2.30. The standard InChI is InChI=1S/C20H21N5O/c1-3-13-25-15-22-23-20(25)16-9-11-18(12-10-16)26-14-19(21)24(2)17-7-5-4-6-8-17/h3-12,15,21H,1,13-14H2,2H3. The number of hydrogen-bond acceptors (Lipinski definition) is 4. The Kier molecular flexibility index (Phi) is 5.43. The van der Waals surface area contributed by atoms with Crippen molar-refractivity contribution in [2.45, 2.75) is 6.54 Å². The van der Waals surface area contributed by atoms with E-state index in [4.69, 9.17) is 10.1 Å². The lowest BCUT2D eigenvalue weighted by molar-refractivity contribution is 0.374. The maximum atomic E-state index is 8.18. The zero-order valence-corrected chi connectivity index (χ0v) is 14.7. The van der Waals surface area contributed by atoms with Crippen molar-refractivity contribution in [3.8, 4) is 17.1 Å². The van der Waals surface area contributed by atoms with Crippen molar-refractivity contribution in [3.63, 3.8) is 0 Å². The highest BCUT2D eigenvalue weighted by Crippen LogP contribution is 2.21. The summed E-state index contributed by atoms with van der Waals surface area (Å²) >= 11 is 0. The molecular weight excluding hydrogens is 326 g/mol. The van der Waals surface area contributed by atoms with Crippen LogP contribution in [0.2, 0.25) is 0 Å². The number of rotatable bonds is 7. The number of amidine groups is 1. The van der Waals surface area contributed by atoms with E-state index in [0.29, 0.717) is 18.1 Å². The van der Waals surface area contributed by atoms with Gasteiger partial charge in [-0.2, -0.15) is 0 Å². The van der Waals surface area contributed by atoms with Gasteiger partial charge in [-0.15, -0.1) is 16.8 Å². The van der Waals surface area contributed by atoms with Crippen molar-refractivity contribution < 1.29 is 4.74 Å². The molecule has 0 aliphatic carbocycles. The fourth-order valence-corrected chi connectivity index (χ4v) is 2.51. The second kappa shape index (κ2) is 8.11. The maximum Gasteiger partial charge on any atom is 0.164 e. The summed E-state index contributed by atoms with van der Waals surface area (Å²) in [6, 6.07) is 17.4. The average Bonchev–Trinajstić information content (AvgIpc) is 3.15. The molecule has 0 aliphatic rings. The molecular formula is C20H21N5O. The van der Waals surface area contributed by atoms with Crippen molar-refractivity contribution in [2.75, 3.05) is 18.6 Å². The molecule has 1 aromatic heterocycles. The van der Waals surface area contributed by atoms with E-state index in [1.54, 1.807) is 17.3 Å². The number of para-hydroxylation sites is 1. The minimum Gasteiger partial charge on any atom is -0.486 e. The second-order valence-electron chi connectivity index (χ2n) is 5.75. The SMILES string of the molecule is C=CCn1cnnc1-c1ccc(OCC(=N)N(C)c2ccccc2)cc1. The van der Waals surface area contributed by atoms with E-state index in [2.05, 4.69) is 16.8 Å². The largest absolute Gasteiger partial charge is 0.486 e. The molecule has 0 bridgehead atoms. The van der Waals surface area contributed by atoms with E-state index in [-0.39, 0.29) is 6.61 Å². The number of allylic oxidation sites excluding steroid dienone is 1. The molecule has 0 atom stereocenters. The van der Waals surface area contributed by atoms with Crippen LogP contribution in [0.3, 0.4) is 0 Å². The molecule has 132 valence electrons. The molecule has 0 unspecified atom stereocenters. The number of nitrogens with one attached hydrogen (secondary N) is 1. The average molecular weight is 347 g/mol. The van der Waals surface area contributed by atoms with Gasteiger partial charge in [-0.1, -0.05) is 24.3 Å². The van der Waals surface area contributed by atoms with E-state index in [0.717, 1.165) is 17.1 Å². The van der Waals surface area contributed by atoms with Gasteiger partial charge in [-0.05, 0) is 36.4 Å². The molecule has 3 rings (SSSR count). The molecule has 26 heavy (non-hydrogen) atoms. The highest BCUT2D eigenvalue weighted by atomic mass is 16.5. The highest BCUT2D eigenvalue weighted by Gasteiger charge is 2.09. The van der Waals surface area contributed by atoms with Crippen LogP contribution in [-0.4, -0.2) is 34.3 Å². The van der Waals surface area contributed by atoms with Gasteiger partial charge < -0.3 is 14.2 Å². The van der Waals surface area contributed by atoms with E-state index >= 15 is 0 Å². The molecule has 6 nitrogen and oxygen atoms in total. The van der Waals surface area contributed by atoms with Crippen molar-refractivity contribution in [1.29, 1.82) is 5.41 Å². The van der Waals surface area contributed by atoms with Gasteiger partial charge in [-0.3, -0.25) is 5.41 Å². The predicted molar refractivity (Wildman–Crippen MR) is 104 cm³/mol. The number of ether oxygens (including phenoxy) is 1. The number of likely N-dealkylation sites (N-methyl/N-ethyl adjacent to an activating group) is 1. The third-order valence-electron chi connectivity index (χ3n) is 3.98. The summed E-state index contributed by atoms with van der Waals surface area (Å²) in [4.78, 5) is 1.80. The molecule has 1 N–H and O–H groups in total. The molecule has 1 heterocycles. The number of aromatic nitrogens is 3. The number of nitrogens with zero attached hydrogens (tertiary/aromatic N) is 4. The van der Waals surface area contributed by atoms with Crippen LogP contribution in [0.5, 0.6) is 5.75 Å².